The number of hydrogen-bond acceptors (Lipinski definition) is 6. The zero-order valence-corrected chi connectivity index (χ0v) is 12.1. The predicted octanol–water partition coefficient (Wildman–Crippen LogP) is 1.07. The van der Waals surface area contributed by atoms with Crippen LogP contribution in [-0.2, 0) is 14.3 Å². The first-order chi connectivity index (χ1) is 9.01. The average molecular weight is 286 g/mol. The Morgan fingerprint density at radius 1 is 1.37 bits per heavy atom. The molecule has 0 unspecified atom stereocenters. The molecule has 0 aliphatic heterocycles. The minimum atomic E-state index is -0.458. The van der Waals surface area contributed by atoms with Gasteiger partial charge >= 0.3 is 5.97 Å². The Labute approximate surface area is 115 Å². The average Bonchev–Trinajstić information content (AvgIpc) is 2.64. The molecule has 7 heteroatoms. The molecule has 1 aromatic heterocycles. The monoisotopic (exact) mass is 286 g/mol. The molecule has 0 aromatic carbocycles. The molecule has 0 spiro atoms. The molecule has 6 nitrogen and oxygen atoms in total. The maximum Gasteiger partial charge on any atom is 0.341 e. The molecule has 0 aliphatic rings. The lowest BCUT2D eigenvalue weighted by Crippen LogP contribution is -2.21. The van der Waals surface area contributed by atoms with Crippen LogP contribution >= 0.6 is 11.3 Å². The Morgan fingerprint density at radius 3 is 2.63 bits per heavy atom. The molecule has 106 valence electrons. The van der Waals surface area contributed by atoms with E-state index in [9.17, 15) is 9.59 Å². The third kappa shape index (κ3) is 4.02. The number of hydrogen-bond donors (Lipinski definition) is 2. The van der Waals surface area contributed by atoms with Crippen molar-refractivity contribution < 1.29 is 19.1 Å². The van der Waals surface area contributed by atoms with Crippen LogP contribution in [0.1, 0.15) is 20.8 Å². The predicted molar refractivity (Wildman–Crippen MR) is 73.6 cm³/mol. The third-order valence-electron chi connectivity index (χ3n) is 2.52. The molecule has 1 aromatic rings. The molecule has 0 saturated heterocycles. The number of rotatable bonds is 6. The Balaban J connectivity index is 2.80. The number of carbonyl (C=O) groups excluding carboxylic acids is 2. The van der Waals surface area contributed by atoms with Gasteiger partial charge in [0.25, 0.3) is 5.91 Å². The molecule has 0 radical (unpaired) electrons. The highest BCUT2D eigenvalue weighted by molar-refractivity contribution is 7.16. The summed E-state index contributed by atoms with van der Waals surface area (Å²) in [6.07, 6.45) is 0. The van der Waals surface area contributed by atoms with Crippen molar-refractivity contribution in [1.29, 1.82) is 0 Å². The van der Waals surface area contributed by atoms with Crippen molar-refractivity contribution in [3.8, 4) is 0 Å². The molecule has 1 rings (SSSR count). The van der Waals surface area contributed by atoms with Crippen molar-refractivity contribution in [1.82, 2.24) is 0 Å². The lowest BCUT2D eigenvalue weighted by Gasteiger charge is -2.06. The summed E-state index contributed by atoms with van der Waals surface area (Å²) in [6, 6.07) is 0. The van der Waals surface area contributed by atoms with Crippen LogP contribution in [-0.4, -0.2) is 38.7 Å². The minimum absolute atomic E-state index is 0.0895. The summed E-state index contributed by atoms with van der Waals surface area (Å²) < 4.78 is 9.75. The van der Waals surface area contributed by atoms with Crippen LogP contribution in [0, 0.1) is 13.8 Å². The molecule has 1 amide bonds. The molecular formula is C12H18N2O4S. The van der Waals surface area contributed by atoms with Gasteiger partial charge in [-0.15, -0.1) is 11.3 Å². The second-order valence-corrected chi connectivity index (χ2v) is 5.09. The molecule has 0 aliphatic carbocycles. The lowest BCUT2D eigenvalue weighted by molar-refractivity contribution is -0.120. The van der Waals surface area contributed by atoms with Crippen molar-refractivity contribution in [2.24, 2.45) is 5.73 Å². The topological polar surface area (TPSA) is 90.6 Å². The number of carbonyl (C=O) groups is 2. The zero-order chi connectivity index (χ0) is 14.4. The van der Waals surface area contributed by atoms with Crippen molar-refractivity contribution in [3.63, 3.8) is 0 Å². The maximum atomic E-state index is 11.7. The van der Waals surface area contributed by atoms with Crippen LogP contribution in [0.4, 0.5) is 5.00 Å². The van der Waals surface area contributed by atoms with Crippen LogP contribution in [0.25, 0.3) is 0 Å². The first-order valence-electron chi connectivity index (χ1n) is 5.77. The van der Waals surface area contributed by atoms with Crippen molar-refractivity contribution >= 4 is 28.2 Å². The molecular weight excluding hydrogens is 268 g/mol. The quantitative estimate of drug-likeness (QED) is 0.603. The van der Waals surface area contributed by atoms with Gasteiger partial charge in [0.1, 0.15) is 11.6 Å². The van der Waals surface area contributed by atoms with Crippen LogP contribution in [0.2, 0.25) is 0 Å². The third-order valence-corrected chi connectivity index (χ3v) is 3.65. The van der Waals surface area contributed by atoms with Gasteiger partial charge in [0.15, 0.2) is 0 Å². The number of amides is 1. The number of esters is 1. The van der Waals surface area contributed by atoms with E-state index < -0.39 is 5.97 Å². The summed E-state index contributed by atoms with van der Waals surface area (Å²) in [5.74, 6) is -0.778. The van der Waals surface area contributed by atoms with Gasteiger partial charge in [-0.25, -0.2) is 4.79 Å². The molecule has 3 N–H and O–H groups in total. The van der Waals surface area contributed by atoms with Gasteiger partial charge < -0.3 is 20.5 Å². The highest BCUT2D eigenvalue weighted by Crippen LogP contribution is 2.32. The standard InChI is InChI=1S/C12H18N2O4S/c1-7-8(2)19-11(10(7)12(16)17-3)14-9(15)6-18-5-4-13/h4-6,13H2,1-3H3,(H,14,15). The lowest BCUT2D eigenvalue weighted by atomic mass is 10.1. The summed E-state index contributed by atoms with van der Waals surface area (Å²) in [5, 5.41) is 3.15. The number of nitrogens with two attached hydrogens (primary N) is 1. The van der Waals surface area contributed by atoms with Gasteiger partial charge in [0, 0.05) is 11.4 Å². The van der Waals surface area contributed by atoms with E-state index in [1.165, 1.54) is 18.4 Å². The summed E-state index contributed by atoms with van der Waals surface area (Å²) in [4.78, 5) is 24.3. The van der Waals surface area contributed by atoms with Crippen molar-refractivity contribution in [2.75, 3.05) is 32.2 Å². The second-order valence-electron chi connectivity index (χ2n) is 3.87. The van der Waals surface area contributed by atoms with Crippen LogP contribution < -0.4 is 11.1 Å². The Kier molecular flexibility index (Phi) is 5.94. The van der Waals surface area contributed by atoms with E-state index in [4.69, 9.17) is 15.2 Å². The van der Waals surface area contributed by atoms with Gasteiger partial charge in [-0.05, 0) is 19.4 Å². The fraction of sp³-hybridized carbons (Fsp3) is 0.500. The van der Waals surface area contributed by atoms with Gasteiger partial charge in [-0.3, -0.25) is 4.79 Å². The largest absolute Gasteiger partial charge is 0.465 e. The van der Waals surface area contributed by atoms with Crippen molar-refractivity contribution in [3.05, 3.63) is 16.0 Å². The number of methoxy groups -OCH3 is 1. The highest BCUT2D eigenvalue weighted by Gasteiger charge is 2.21. The Morgan fingerprint density at radius 2 is 2.05 bits per heavy atom. The van der Waals surface area contributed by atoms with E-state index in [0.29, 0.717) is 23.7 Å². The molecule has 0 fully saturated rings. The molecule has 0 saturated carbocycles. The number of nitrogens with one attached hydrogen (secondary N) is 1. The zero-order valence-electron chi connectivity index (χ0n) is 11.2. The van der Waals surface area contributed by atoms with Gasteiger partial charge in [0.2, 0.25) is 0 Å². The summed E-state index contributed by atoms with van der Waals surface area (Å²) in [5.41, 5.74) is 6.47. The van der Waals surface area contributed by atoms with E-state index >= 15 is 0 Å². The SMILES string of the molecule is COC(=O)c1c(NC(=O)COCCN)sc(C)c1C. The molecule has 0 bridgehead atoms. The van der Waals surface area contributed by atoms with Crippen LogP contribution in [0.3, 0.4) is 0 Å². The van der Waals surface area contributed by atoms with E-state index in [1.54, 1.807) is 0 Å². The number of thiophene rings is 1. The van der Waals surface area contributed by atoms with E-state index in [1.807, 2.05) is 13.8 Å². The number of anilines is 1. The molecule has 1 heterocycles. The number of aryl methyl sites for hydroxylation is 1. The molecule has 0 atom stereocenters. The van der Waals surface area contributed by atoms with Crippen LogP contribution in [0.15, 0.2) is 0 Å². The summed E-state index contributed by atoms with van der Waals surface area (Å²) in [6.45, 7) is 4.29. The second kappa shape index (κ2) is 7.22. The van der Waals surface area contributed by atoms with E-state index in [0.717, 1.165) is 10.4 Å². The van der Waals surface area contributed by atoms with Crippen molar-refractivity contribution in [2.45, 2.75) is 13.8 Å². The normalized spacial score (nSPS) is 10.3. The summed E-state index contributed by atoms with van der Waals surface area (Å²) in [7, 11) is 1.31. The minimum Gasteiger partial charge on any atom is -0.465 e. The summed E-state index contributed by atoms with van der Waals surface area (Å²) >= 11 is 1.34. The number of ether oxygens (including phenoxy) is 2. The van der Waals surface area contributed by atoms with E-state index in [2.05, 4.69) is 5.32 Å². The Bertz CT molecular complexity index is 471. The smallest absolute Gasteiger partial charge is 0.341 e. The highest BCUT2D eigenvalue weighted by atomic mass is 32.1. The first-order valence-corrected chi connectivity index (χ1v) is 6.58. The van der Waals surface area contributed by atoms with Gasteiger partial charge in [-0.2, -0.15) is 0 Å². The van der Waals surface area contributed by atoms with Gasteiger partial charge in [0.05, 0.1) is 19.3 Å². The first kappa shape index (κ1) is 15.6. The van der Waals surface area contributed by atoms with Gasteiger partial charge in [-0.1, -0.05) is 0 Å². The molecule has 19 heavy (non-hydrogen) atoms. The Hall–Kier alpha value is -1.44. The fourth-order valence-corrected chi connectivity index (χ4v) is 2.54. The maximum absolute atomic E-state index is 11.7. The fourth-order valence-electron chi connectivity index (χ4n) is 1.47. The van der Waals surface area contributed by atoms with E-state index in [-0.39, 0.29) is 12.5 Å². The van der Waals surface area contributed by atoms with Crippen LogP contribution in [0.5, 0.6) is 0 Å².